The molecule has 0 atom stereocenters. The molecule has 1 aliphatic rings. The summed E-state index contributed by atoms with van der Waals surface area (Å²) in [7, 11) is 0. The lowest BCUT2D eigenvalue weighted by Gasteiger charge is -2.30. The summed E-state index contributed by atoms with van der Waals surface area (Å²) in [5, 5.41) is 0. The van der Waals surface area contributed by atoms with Gasteiger partial charge in [0.1, 0.15) is 0 Å². The van der Waals surface area contributed by atoms with Crippen LogP contribution in [-0.2, 0) is 0 Å². The molecule has 114 valence electrons. The molecule has 1 aliphatic carbocycles. The fraction of sp³-hybridized carbons (Fsp3) is 1.00. The Hall–Kier alpha value is -0.0800. The van der Waals surface area contributed by atoms with Crippen LogP contribution in [0.1, 0.15) is 72.6 Å². The average molecular weight is 268 g/mol. The molecule has 0 spiro atoms. The lowest BCUT2D eigenvalue weighted by molar-refractivity contribution is 0.217. The van der Waals surface area contributed by atoms with Crippen molar-refractivity contribution < 1.29 is 0 Å². The fourth-order valence-corrected chi connectivity index (χ4v) is 2.93. The van der Waals surface area contributed by atoms with Crippen molar-refractivity contribution >= 4 is 0 Å². The molecular formula is C17H36N2. The summed E-state index contributed by atoms with van der Waals surface area (Å²) in [6.45, 7) is 13.0. The topological polar surface area (TPSA) is 29.3 Å². The third kappa shape index (κ3) is 7.31. The Balaban J connectivity index is 2.34. The smallest absolute Gasteiger partial charge is 0.0166 e. The molecule has 19 heavy (non-hydrogen) atoms. The zero-order valence-corrected chi connectivity index (χ0v) is 13.8. The Morgan fingerprint density at radius 3 is 1.79 bits per heavy atom. The molecule has 0 radical (unpaired) electrons. The highest BCUT2D eigenvalue weighted by Gasteiger charge is 2.29. The number of rotatable bonds is 9. The Labute approximate surface area is 121 Å². The van der Waals surface area contributed by atoms with Crippen LogP contribution in [0.4, 0.5) is 0 Å². The standard InChI is InChI=1S/C17H36N2/c1-15(2)7-12-19(13-8-16(3)4)14-11-17(18)9-5-6-10-17/h15-16H,5-14,18H2,1-4H3. The van der Waals surface area contributed by atoms with Crippen LogP contribution >= 0.6 is 0 Å². The van der Waals surface area contributed by atoms with Crippen LogP contribution in [0, 0.1) is 11.8 Å². The van der Waals surface area contributed by atoms with Gasteiger partial charge in [0, 0.05) is 5.54 Å². The van der Waals surface area contributed by atoms with Gasteiger partial charge in [-0.1, -0.05) is 40.5 Å². The van der Waals surface area contributed by atoms with Gasteiger partial charge in [-0.25, -0.2) is 0 Å². The maximum Gasteiger partial charge on any atom is 0.0166 e. The van der Waals surface area contributed by atoms with Crippen LogP contribution < -0.4 is 5.73 Å². The molecule has 2 nitrogen and oxygen atoms in total. The van der Waals surface area contributed by atoms with Crippen molar-refractivity contribution in [2.45, 2.75) is 78.2 Å². The van der Waals surface area contributed by atoms with E-state index < -0.39 is 0 Å². The summed E-state index contributed by atoms with van der Waals surface area (Å²) >= 11 is 0. The zero-order chi connectivity index (χ0) is 14.3. The van der Waals surface area contributed by atoms with E-state index in [1.165, 1.54) is 64.6 Å². The van der Waals surface area contributed by atoms with Crippen LogP contribution in [0.2, 0.25) is 0 Å². The molecule has 0 aromatic heterocycles. The summed E-state index contributed by atoms with van der Waals surface area (Å²) in [4.78, 5) is 2.66. The van der Waals surface area contributed by atoms with Crippen LogP contribution in [-0.4, -0.2) is 30.1 Å². The third-order valence-electron chi connectivity index (χ3n) is 4.57. The Morgan fingerprint density at radius 1 is 0.895 bits per heavy atom. The molecule has 0 bridgehead atoms. The highest BCUT2D eigenvalue weighted by Crippen LogP contribution is 2.30. The number of nitrogens with zero attached hydrogens (tertiary/aromatic N) is 1. The first kappa shape index (κ1) is 17.0. The minimum Gasteiger partial charge on any atom is -0.325 e. The van der Waals surface area contributed by atoms with Gasteiger partial charge in [0.15, 0.2) is 0 Å². The molecule has 1 rings (SSSR count). The quantitative estimate of drug-likeness (QED) is 0.684. The van der Waals surface area contributed by atoms with E-state index >= 15 is 0 Å². The lowest BCUT2D eigenvalue weighted by Crippen LogP contribution is -2.41. The van der Waals surface area contributed by atoms with Gasteiger partial charge in [0.05, 0.1) is 0 Å². The Morgan fingerprint density at radius 2 is 1.37 bits per heavy atom. The fourth-order valence-electron chi connectivity index (χ4n) is 2.93. The molecule has 1 saturated carbocycles. The molecule has 1 fully saturated rings. The van der Waals surface area contributed by atoms with Gasteiger partial charge in [0.2, 0.25) is 0 Å². The van der Waals surface area contributed by atoms with Gasteiger partial charge in [-0.15, -0.1) is 0 Å². The van der Waals surface area contributed by atoms with E-state index in [1.54, 1.807) is 0 Å². The summed E-state index contributed by atoms with van der Waals surface area (Å²) in [6.07, 6.45) is 9.00. The van der Waals surface area contributed by atoms with E-state index in [2.05, 4.69) is 32.6 Å². The monoisotopic (exact) mass is 268 g/mol. The van der Waals surface area contributed by atoms with E-state index in [0.717, 1.165) is 11.8 Å². The predicted octanol–water partition coefficient (Wildman–Crippen LogP) is 4.04. The maximum atomic E-state index is 6.49. The summed E-state index contributed by atoms with van der Waals surface area (Å²) < 4.78 is 0. The van der Waals surface area contributed by atoms with Gasteiger partial charge < -0.3 is 10.6 Å². The van der Waals surface area contributed by atoms with Gasteiger partial charge in [-0.05, 0) is 63.6 Å². The second-order valence-corrected chi connectivity index (χ2v) is 7.53. The maximum absolute atomic E-state index is 6.49. The largest absolute Gasteiger partial charge is 0.325 e. The molecule has 0 aliphatic heterocycles. The van der Waals surface area contributed by atoms with Gasteiger partial charge in [0.25, 0.3) is 0 Å². The first-order valence-electron chi connectivity index (χ1n) is 8.42. The molecule has 2 heteroatoms. The van der Waals surface area contributed by atoms with Crippen molar-refractivity contribution in [1.82, 2.24) is 4.90 Å². The minimum absolute atomic E-state index is 0.161. The molecule has 0 saturated heterocycles. The molecule has 0 amide bonds. The minimum atomic E-state index is 0.161. The first-order chi connectivity index (χ1) is 8.91. The van der Waals surface area contributed by atoms with E-state index in [9.17, 15) is 0 Å². The molecule has 0 aromatic rings. The highest BCUT2D eigenvalue weighted by atomic mass is 15.1. The number of hydrogen-bond acceptors (Lipinski definition) is 2. The van der Waals surface area contributed by atoms with Crippen LogP contribution in [0.5, 0.6) is 0 Å². The molecular weight excluding hydrogens is 232 g/mol. The third-order valence-corrected chi connectivity index (χ3v) is 4.57. The second kappa shape index (κ2) is 8.26. The number of nitrogens with two attached hydrogens (primary N) is 1. The predicted molar refractivity (Wildman–Crippen MR) is 85.4 cm³/mol. The van der Waals surface area contributed by atoms with E-state index in [1.807, 2.05) is 0 Å². The van der Waals surface area contributed by atoms with Crippen molar-refractivity contribution in [2.24, 2.45) is 17.6 Å². The zero-order valence-electron chi connectivity index (χ0n) is 13.8. The van der Waals surface area contributed by atoms with Gasteiger partial charge in [-0.3, -0.25) is 0 Å². The number of hydrogen-bond donors (Lipinski definition) is 1. The van der Waals surface area contributed by atoms with E-state index in [4.69, 9.17) is 5.73 Å². The molecule has 2 N–H and O–H groups in total. The first-order valence-corrected chi connectivity index (χ1v) is 8.42. The normalized spacial score (nSPS) is 18.9. The van der Waals surface area contributed by atoms with Crippen molar-refractivity contribution in [3.05, 3.63) is 0 Å². The SMILES string of the molecule is CC(C)CCN(CCC(C)C)CCC1(N)CCCC1. The van der Waals surface area contributed by atoms with Gasteiger partial charge >= 0.3 is 0 Å². The second-order valence-electron chi connectivity index (χ2n) is 7.53. The molecule has 0 unspecified atom stereocenters. The van der Waals surface area contributed by atoms with Crippen molar-refractivity contribution in [2.75, 3.05) is 19.6 Å². The lowest BCUT2D eigenvalue weighted by atomic mass is 9.94. The summed E-state index contributed by atoms with van der Waals surface area (Å²) in [5.74, 6) is 1.61. The Kier molecular flexibility index (Phi) is 7.38. The van der Waals surface area contributed by atoms with Crippen LogP contribution in [0.25, 0.3) is 0 Å². The summed E-state index contributed by atoms with van der Waals surface area (Å²) in [6, 6.07) is 0. The van der Waals surface area contributed by atoms with E-state index in [-0.39, 0.29) is 5.54 Å². The highest BCUT2D eigenvalue weighted by molar-refractivity contribution is 4.89. The van der Waals surface area contributed by atoms with Crippen molar-refractivity contribution in [3.63, 3.8) is 0 Å². The van der Waals surface area contributed by atoms with Crippen LogP contribution in [0.15, 0.2) is 0 Å². The molecule has 0 heterocycles. The molecule has 0 aromatic carbocycles. The van der Waals surface area contributed by atoms with Crippen LogP contribution in [0.3, 0.4) is 0 Å². The van der Waals surface area contributed by atoms with Crippen molar-refractivity contribution in [3.8, 4) is 0 Å². The summed E-state index contributed by atoms with van der Waals surface area (Å²) in [5.41, 5.74) is 6.65. The van der Waals surface area contributed by atoms with E-state index in [0.29, 0.717) is 0 Å². The average Bonchev–Trinajstić information content (AvgIpc) is 2.75. The van der Waals surface area contributed by atoms with Gasteiger partial charge in [-0.2, -0.15) is 0 Å². The van der Waals surface area contributed by atoms with Crippen molar-refractivity contribution in [1.29, 1.82) is 0 Å². The Bertz CT molecular complexity index is 217.